The van der Waals surface area contributed by atoms with Gasteiger partial charge in [-0.1, -0.05) is 0 Å². The number of nitrogens with one attached hydrogen (secondary N) is 1. The van der Waals surface area contributed by atoms with Crippen molar-refractivity contribution in [3.8, 4) is 11.1 Å². The van der Waals surface area contributed by atoms with Crippen LogP contribution in [0.5, 0.6) is 0 Å². The first-order valence-electron chi connectivity index (χ1n) is 8.77. The number of hydrogen-bond acceptors (Lipinski definition) is 5. The van der Waals surface area contributed by atoms with Gasteiger partial charge in [0.25, 0.3) is 5.91 Å². The maximum Gasteiger partial charge on any atom is 0.274 e. The molecule has 3 aromatic rings. The molecule has 0 radical (unpaired) electrons. The van der Waals surface area contributed by atoms with Crippen molar-refractivity contribution in [2.75, 3.05) is 6.54 Å². The molecule has 1 atom stereocenters. The molecule has 1 N–H and O–H groups in total. The normalized spacial score (nSPS) is 17.3. The lowest BCUT2D eigenvalue weighted by Crippen LogP contribution is -2.39. The number of aromatic nitrogens is 5. The molecule has 0 unspecified atom stereocenters. The van der Waals surface area contributed by atoms with Crippen LogP contribution in [0, 0.1) is 6.92 Å². The molecule has 7 heteroatoms. The van der Waals surface area contributed by atoms with E-state index in [1.165, 1.54) is 6.20 Å². The van der Waals surface area contributed by atoms with Gasteiger partial charge < -0.3 is 4.90 Å². The summed E-state index contributed by atoms with van der Waals surface area (Å²) in [5.74, 6) is -0.0881. The minimum atomic E-state index is -0.0881. The van der Waals surface area contributed by atoms with Crippen LogP contribution >= 0.6 is 0 Å². The highest BCUT2D eigenvalue weighted by molar-refractivity contribution is 5.92. The fourth-order valence-corrected chi connectivity index (χ4v) is 3.57. The average Bonchev–Trinajstić information content (AvgIpc) is 3.18. The Morgan fingerprint density at radius 1 is 1.12 bits per heavy atom. The molecule has 0 aromatic carbocycles. The van der Waals surface area contributed by atoms with Crippen LogP contribution in [-0.4, -0.2) is 42.5 Å². The zero-order valence-electron chi connectivity index (χ0n) is 14.6. The molecule has 1 fully saturated rings. The minimum absolute atomic E-state index is 0.0525. The van der Waals surface area contributed by atoms with Crippen molar-refractivity contribution in [2.45, 2.75) is 32.2 Å². The molecule has 1 saturated heterocycles. The molecule has 4 rings (SSSR count). The third-order valence-corrected chi connectivity index (χ3v) is 4.86. The van der Waals surface area contributed by atoms with Crippen LogP contribution in [0.2, 0.25) is 0 Å². The lowest BCUT2D eigenvalue weighted by atomic mass is 9.93. The first-order chi connectivity index (χ1) is 12.8. The number of carbonyl (C=O) groups excluding carboxylic acids is 1. The highest BCUT2D eigenvalue weighted by atomic mass is 16.2. The summed E-state index contributed by atoms with van der Waals surface area (Å²) < 4.78 is 0. The Labute approximate surface area is 151 Å². The van der Waals surface area contributed by atoms with Crippen molar-refractivity contribution >= 4 is 5.91 Å². The largest absolute Gasteiger partial charge is 0.329 e. The number of aryl methyl sites for hydroxylation is 1. The number of aromatic amines is 1. The average molecular weight is 348 g/mol. The Kier molecular flexibility index (Phi) is 4.43. The number of hydrogen-bond donors (Lipinski definition) is 1. The number of H-pyrrole nitrogens is 1. The van der Waals surface area contributed by atoms with Gasteiger partial charge in [-0.25, -0.2) is 4.98 Å². The molecule has 0 saturated carbocycles. The van der Waals surface area contributed by atoms with Crippen molar-refractivity contribution in [1.29, 1.82) is 0 Å². The van der Waals surface area contributed by atoms with Gasteiger partial charge in [-0.3, -0.25) is 19.9 Å². The van der Waals surface area contributed by atoms with E-state index >= 15 is 0 Å². The molecule has 0 spiro atoms. The number of pyridine rings is 1. The number of piperidine rings is 1. The Bertz CT molecular complexity index is 907. The van der Waals surface area contributed by atoms with Gasteiger partial charge in [0.2, 0.25) is 0 Å². The zero-order valence-corrected chi connectivity index (χ0v) is 14.6. The molecular weight excluding hydrogens is 328 g/mol. The highest BCUT2D eigenvalue weighted by Crippen LogP contribution is 2.36. The number of likely N-dealkylation sites (tertiary alicyclic amines) is 1. The second kappa shape index (κ2) is 7.03. The predicted octanol–water partition coefficient (Wildman–Crippen LogP) is 2.94. The van der Waals surface area contributed by atoms with Gasteiger partial charge in [0.05, 0.1) is 24.1 Å². The summed E-state index contributed by atoms with van der Waals surface area (Å²) in [6, 6.07) is 1.93. The van der Waals surface area contributed by atoms with Crippen molar-refractivity contribution < 1.29 is 4.79 Å². The Morgan fingerprint density at radius 2 is 2.00 bits per heavy atom. The first kappa shape index (κ1) is 16.4. The van der Waals surface area contributed by atoms with Gasteiger partial charge in [0.15, 0.2) is 0 Å². The maximum absolute atomic E-state index is 13.0. The molecule has 3 aromatic heterocycles. The minimum Gasteiger partial charge on any atom is -0.329 e. The lowest BCUT2D eigenvalue weighted by Gasteiger charge is -2.35. The second-order valence-electron chi connectivity index (χ2n) is 6.49. The van der Waals surface area contributed by atoms with Crippen LogP contribution in [0.3, 0.4) is 0 Å². The standard InChI is InChI=1S/C19H20N6O/c1-13-10-20-6-5-14(13)15-11-23-24-18(15)17-4-2-3-9-25(17)19(26)16-12-21-7-8-22-16/h5-8,10-12,17H,2-4,9H2,1H3,(H,23,24)/t17-/m1/s1. The maximum atomic E-state index is 13.0. The summed E-state index contributed by atoms with van der Waals surface area (Å²) in [6.45, 7) is 2.73. The lowest BCUT2D eigenvalue weighted by molar-refractivity contribution is 0.0600. The summed E-state index contributed by atoms with van der Waals surface area (Å²) in [5, 5.41) is 7.41. The van der Waals surface area contributed by atoms with Crippen LogP contribution in [0.4, 0.5) is 0 Å². The molecule has 1 aliphatic heterocycles. The molecular formula is C19H20N6O. The fourth-order valence-electron chi connectivity index (χ4n) is 3.57. The summed E-state index contributed by atoms with van der Waals surface area (Å²) in [6.07, 6.45) is 13.1. The van der Waals surface area contributed by atoms with Gasteiger partial charge in [-0.05, 0) is 43.4 Å². The van der Waals surface area contributed by atoms with E-state index in [1.807, 2.05) is 30.3 Å². The number of rotatable bonds is 3. The molecule has 0 aliphatic carbocycles. The first-order valence-corrected chi connectivity index (χ1v) is 8.77. The molecule has 26 heavy (non-hydrogen) atoms. The van der Waals surface area contributed by atoms with Crippen LogP contribution in [0.1, 0.15) is 47.1 Å². The monoisotopic (exact) mass is 348 g/mol. The van der Waals surface area contributed by atoms with E-state index in [0.717, 1.165) is 41.6 Å². The number of nitrogens with zero attached hydrogens (tertiary/aromatic N) is 5. The van der Waals surface area contributed by atoms with Crippen LogP contribution in [-0.2, 0) is 0 Å². The Balaban J connectivity index is 1.71. The van der Waals surface area contributed by atoms with E-state index in [2.05, 4.69) is 25.1 Å². The second-order valence-corrected chi connectivity index (χ2v) is 6.49. The fraction of sp³-hybridized carbons (Fsp3) is 0.316. The van der Waals surface area contributed by atoms with Gasteiger partial charge in [0.1, 0.15) is 5.69 Å². The van der Waals surface area contributed by atoms with E-state index in [-0.39, 0.29) is 11.9 Å². The predicted molar refractivity (Wildman–Crippen MR) is 96.2 cm³/mol. The third kappa shape index (κ3) is 2.96. The molecule has 1 aliphatic rings. The van der Waals surface area contributed by atoms with Gasteiger partial charge in [-0.15, -0.1) is 0 Å². The highest BCUT2D eigenvalue weighted by Gasteiger charge is 2.32. The van der Waals surface area contributed by atoms with Crippen LogP contribution in [0.15, 0.2) is 43.2 Å². The molecule has 0 bridgehead atoms. The summed E-state index contributed by atoms with van der Waals surface area (Å²) in [7, 11) is 0. The molecule has 7 nitrogen and oxygen atoms in total. The van der Waals surface area contributed by atoms with Crippen molar-refractivity contribution in [2.24, 2.45) is 0 Å². The van der Waals surface area contributed by atoms with E-state index in [4.69, 9.17) is 0 Å². The van der Waals surface area contributed by atoms with Gasteiger partial charge in [-0.2, -0.15) is 5.10 Å². The van der Waals surface area contributed by atoms with E-state index in [9.17, 15) is 4.79 Å². The topological polar surface area (TPSA) is 87.7 Å². The van der Waals surface area contributed by atoms with Crippen molar-refractivity contribution in [3.63, 3.8) is 0 Å². The number of carbonyl (C=O) groups is 1. The van der Waals surface area contributed by atoms with E-state index in [1.54, 1.807) is 18.6 Å². The third-order valence-electron chi connectivity index (χ3n) is 4.86. The summed E-state index contributed by atoms with van der Waals surface area (Å²) in [4.78, 5) is 27.3. The van der Waals surface area contributed by atoms with Crippen molar-refractivity contribution in [3.05, 3.63) is 60.2 Å². The zero-order chi connectivity index (χ0) is 17.9. The Hall–Kier alpha value is -3.09. The number of amides is 1. The smallest absolute Gasteiger partial charge is 0.274 e. The summed E-state index contributed by atoms with van der Waals surface area (Å²) in [5.41, 5.74) is 4.53. The SMILES string of the molecule is Cc1cnccc1-c1cn[nH]c1[C@H]1CCCCN1C(=O)c1cnccn1. The molecule has 132 valence electrons. The summed E-state index contributed by atoms with van der Waals surface area (Å²) >= 11 is 0. The molecule has 4 heterocycles. The van der Waals surface area contributed by atoms with Gasteiger partial charge in [0, 0.05) is 36.9 Å². The van der Waals surface area contributed by atoms with Crippen LogP contribution in [0.25, 0.3) is 11.1 Å². The van der Waals surface area contributed by atoms with E-state index in [0.29, 0.717) is 12.2 Å². The van der Waals surface area contributed by atoms with E-state index < -0.39 is 0 Å². The quantitative estimate of drug-likeness (QED) is 0.786. The van der Waals surface area contributed by atoms with Crippen LogP contribution < -0.4 is 0 Å². The van der Waals surface area contributed by atoms with Gasteiger partial charge >= 0.3 is 0 Å². The Morgan fingerprint density at radius 3 is 2.81 bits per heavy atom. The molecule has 1 amide bonds. The van der Waals surface area contributed by atoms with Crippen molar-refractivity contribution in [1.82, 2.24) is 30.0 Å².